The highest BCUT2D eigenvalue weighted by Gasteiger charge is 2.60. The van der Waals surface area contributed by atoms with Crippen LogP contribution in [0.5, 0.6) is 0 Å². The van der Waals surface area contributed by atoms with Crippen LogP contribution in [0.15, 0.2) is 18.2 Å². The van der Waals surface area contributed by atoms with E-state index in [2.05, 4.69) is 5.32 Å². The Morgan fingerprint density at radius 3 is 2.78 bits per heavy atom. The Labute approximate surface area is 160 Å². The number of nitrogens with zero attached hydrogens (tertiary/aromatic N) is 2. The summed E-state index contributed by atoms with van der Waals surface area (Å²) in [5.74, 6) is 0.0418. The van der Waals surface area contributed by atoms with Crippen molar-refractivity contribution in [2.24, 2.45) is 5.41 Å². The van der Waals surface area contributed by atoms with E-state index in [4.69, 9.17) is 4.74 Å². The second-order valence-electron chi connectivity index (χ2n) is 8.03. The Hall–Kier alpha value is -2.08. The molecular weight excluding hydrogens is 342 g/mol. The van der Waals surface area contributed by atoms with Crippen LogP contribution in [0, 0.1) is 12.3 Å². The highest BCUT2D eigenvalue weighted by molar-refractivity contribution is 6.00. The molecular formula is C21H29N3O3. The Morgan fingerprint density at radius 2 is 2.19 bits per heavy atom. The van der Waals surface area contributed by atoms with Gasteiger partial charge in [0.25, 0.3) is 5.91 Å². The molecule has 6 heteroatoms. The molecule has 6 nitrogen and oxygen atoms in total. The van der Waals surface area contributed by atoms with Gasteiger partial charge < -0.3 is 15.0 Å². The molecule has 0 bridgehead atoms. The largest absolute Gasteiger partial charge is 0.378 e. The first-order valence-corrected chi connectivity index (χ1v) is 10.0. The minimum atomic E-state index is -0.0944. The lowest BCUT2D eigenvalue weighted by Gasteiger charge is -2.63. The van der Waals surface area contributed by atoms with Gasteiger partial charge in [-0.25, -0.2) is 4.79 Å². The van der Waals surface area contributed by atoms with E-state index in [-0.39, 0.29) is 29.5 Å². The summed E-state index contributed by atoms with van der Waals surface area (Å²) in [5.41, 5.74) is 2.53. The van der Waals surface area contributed by atoms with Gasteiger partial charge in [-0.3, -0.25) is 9.69 Å². The molecule has 3 aliphatic rings. The third-order valence-corrected chi connectivity index (χ3v) is 6.87. The highest BCUT2D eigenvalue weighted by atomic mass is 16.5. The molecule has 3 amide bonds. The Balaban J connectivity index is 1.56. The summed E-state index contributed by atoms with van der Waals surface area (Å²) in [6, 6.07) is 5.81. The fraction of sp³-hybridized carbons (Fsp3) is 0.619. The van der Waals surface area contributed by atoms with E-state index in [1.54, 1.807) is 4.90 Å². The van der Waals surface area contributed by atoms with Crippen molar-refractivity contribution in [2.45, 2.75) is 51.7 Å². The van der Waals surface area contributed by atoms with Gasteiger partial charge >= 0.3 is 6.03 Å². The van der Waals surface area contributed by atoms with Crippen LogP contribution in [0.4, 0.5) is 10.5 Å². The van der Waals surface area contributed by atoms with Crippen LogP contribution in [0.1, 0.15) is 48.5 Å². The standard InChI is InChI=1S/C21H29N3O3/c1-4-27-18-13-17(21(18)9-6-10-21)23(3)19(25)15-7-5-8-16(14(15)2)24-12-11-22-20(24)26/h5,7-8,17-18H,4,6,9-13H2,1-3H3,(H,22,26)/t17-,18+/m1/s1. The van der Waals surface area contributed by atoms with Crippen molar-refractivity contribution in [3.8, 4) is 0 Å². The molecule has 0 unspecified atom stereocenters. The normalized spacial score (nSPS) is 25.7. The maximum Gasteiger partial charge on any atom is 0.322 e. The number of amides is 3. The van der Waals surface area contributed by atoms with Crippen LogP contribution in [-0.4, -0.2) is 55.7 Å². The van der Waals surface area contributed by atoms with Gasteiger partial charge in [0.15, 0.2) is 0 Å². The zero-order valence-electron chi connectivity index (χ0n) is 16.5. The van der Waals surface area contributed by atoms with Crippen molar-refractivity contribution in [3.05, 3.63) is 29.3 Å². The highest BCUT2D eigenvalue weighted by Crippen LogP contribution is 2.59. The minimum Gasteiger partial charge on any atom is -0.378 e. The first-order valence-electron chi connectivity index (χ1n) is 10.0. The van der Waals surface area contributed by atoms with Crippen molar-refractivity contribution in [2.75, 3.05) is 31.6 Å². The second kappa shape index (κ2) is 6.82. The van der Waals surface area contributed by atoms with Crippen molar-refractivity contribution in [3.63, 3.8) is 0 Å². The summed E-state index contributed by atoms with van der Waals surface area (Å²) in [6.07, 6.45) is 4.72. The van der Waals surface area contributed by atoms with Gasteiger partial charge in [-0.2, -0.15) is 0 Å². The molecule has 27 heavy (non-hydrogen) atoms. The van der Waals surface area contributed by atoms with Crippen LogP contribution < -0.4 is 10.2 Å². The number of carbonyl (C=O) groups excluding carboxylic acids is 2. The summed E-state index contributed by atoms with van der Waals surface area (Å²) < 4.78 is 5.93. The molecule has 0 aromatic heterocycles. The summed E-state index contributed by atoms with van der Waals surface area (Å²) >= 11 is 0. The van der Waals surface area contributed by atoms with E-state index in [0.717, 1.165) is 37.1 Å². The maximum absolute atomic E-state index is 13.3. The first kappa shape index (κ1) is 18.3. The molecule has 1 aromatic carbocycles. The molecule has 2 atom stereocenters. The monoisotopic (exact) mass is 371 g/mol. The molecule has 3 fully saturated rings. The van der Waals surface area contributed by atoms with Gasteiger partial charge in [0.05, 0.1) is 6.10 Å². The van der Waals surface area contributed by atoms with Crippen LogP contribution in [0.25, 0.3) is 0 Å². The summed E-state index contributed by atoms with van der Waals surface area (Å²) in [4.78, 5) is 29.0. The van der Waals surface area contributed by atoms with Crippen LogP contribution in [-0.2, 0) is 4.74 Å². The Morgan fingerprint density at radius 1 is 1.41 bits per heavy atom. The molecule has 0 radical (unpaired) electrons. The number of urea groups is 1. The van der Waals surface area contributed by atoms with Gasteiger partial charge in [0.2, 0.25) is 0 Å². The fourth-order valence-corrected chi connectivity index (χ4v) is 5.13. The van der Waals surface area contributed by atoms with E-state index >= 15 is 0 Å². The zero-order valence-corrected chi connectivity index (χ0v) is 16.5. The average Bonchev–Trinajstić information content (AvgIpc) is 3.02. The van der Waals surface area contributed by atoms with Gasteiger partial charge in [0, 0.05) is 49.5 Å². The number of rotatable bonds is 5. The van der Waals surface area contributed by atoms with E-state index < -0.39 is 0 Å². The number of ether oxygens (including phenoxy) is 1. The lowest BCUT2D eigenvalue weighted by Crippen LogP contribution is -2.67. The molecule has 1 N–H and O–H groups in total. The molecule has 1 aromatic rings. The summed E-state index contributed by atoms with van der Waals surface area (Å²) in [5, 5.41) is 2.82. The first-order chi connectivity index (χ1) is 13.0. The number of benzene rings is 1. The van der Waals surface area contributed by atoms with Gasteiger partial charge in [-0.05, 0) is 50.8 Å². The Bertz CT molecular complexity index is 759. The van der Waals surface area contributed by atoms with Gasteiger partial charge in [-0.1, -0.05) is 12.5 Å². The predicted octanol–water partition coefficient (Wildman–Crippen LogP) is 2.94. The number of anilines is 1. The third kappa shape index (κ3) is 2.73. The number of nitrogens with one attached hydrogen (secondary N) is 1. The summed E-state index contributed by atoms with van der Waals surface area (Å²) in [6.45, 7) is 5.98. The van der Waals surface area contributed by atoms with E-state index in [1.165, 1.54) is 6.42 Å². The third-order valence-electron chi connectivity index (χ3n) is 6.87. The van der Waals surface area contributed by atoms with E-state index in [1.807, 2.05) is 44.0 Å². The van der Waals surface area contributed by atoms with Gasteiger partial charge in [0.1, 0.15) is 0 Å². The van der Waals surface area contributed by atoms with E-state index in [0.29, 0.717) is 18.7 Å². The molecule has 2 aliphatic carbocycles. The van der Waals surface area contributed by atoms with Crippen LogP contribution >= 0.6 is 0 Å². The van der Waals surface area contributed by atoms with Crippen molar-refractivity contribution in [1.29, 1.82) is 0 Å². The lowest BCUT2D eigenvalue weighted by atomic mass is 9.50. The van der Waals surface area contributed by atoms with Crippen LogP contribution in [0.3, 0.4) is 0 Å². The zero-order chi connectivity index (χ0) is 19.2. The molecule has 1 aliphatic heterocycles. The topological polar surface area (TPSA) is 61.9 Å². The number of hydrogen-bond acceptors (Lipinski definition) is 3. The van der Waals surface area contributed by atoms with Gasteiger partial charge in [-0.15, -0.1) is 0 Å². The number of carbonyl (C=O) groups is 2. The predicted molar refractivity (Wildman–Crippen MR) is 104 cm³/mol. The fourth-order valence-electron chi connectivity index (χ4n) is 5.13. The smallest absolute Gasteiger partial charge is 0.322 e. The average molecular weight is 371 g/mol. The molecule has 146 valence electrons. The molecule has 1 saturated heterocycles. The molecule has 1 spiro atoms. The number of hydrogen-bond donors (Lipinski definition) is 1. The quantitative estimate of drug-likeness (QED) is 0.866. The molecule has 1 heterocycles. The maximum atomic E-state index is 13.3. The van der Waals surface area contributed by atoms with Crippen molar-refractivity contribution in [1.82, 2.24) is 10.2 Å². The summed E-state index contributed by atoms with van der Waals surface area (Å²) in [7, 11) is 1.92. The second-order valence-corrected chi connectivity index (χ2v) is 8.03. The van der Waals surface area contributed by atoms with Crippen molar-refractivity contribution < 1.29 is 14.3 Å². The lowest BCUT2D eigenvalue weighted by molar-refractivity contribution is -0.192. The molecule has 4 rings (SSSR count). The Kier molecular flexibility index (Phi) is 4.62. The SMILES string of the molecule is CCO[C@H]1C[C@@H](N(C)C(=O)c2cccc(N3CCNC3=O)c2C)C12CCC2. The molecule has 2 saturated carbocycles. The van der Waals surface area contributed by atoms with Crippen molar-refractivity contribution >= 4 is 17.6 Å². The van der Waals surface area contributed by atoms with E-state index in [9.17, 15) is 9.59 Å². The minimum absolute atomic E-state index is 0.0418. The van der Waals surface area contributed by atoms with Crippen LogP contribution in [0.2, 0.25) is 0 Å².